The van der Waals surface area contributed by atoms with Crippen molar-refractivity contribution < 1.29 is 23.9 Å². The zero-order valence-corrected chi connectivity index (χ0v) is 21.4. The van der Waals surface area contributed by atoms with Crippen LogP contribution in [0.1, 0.15) is 29.3 Å². The molecule has 180 valence electrons. The van der Waals surface area contributed by atoms with Crippen LogP contribution in [0, 0.1) is 30.6 Å². The fraction of sp³-hybridized carbons (Fsp3) is 0.308. The van der Waals surface area contributed by atoms with Crippen molar-refractivity contribution in [2.45, 2.75) is 20.3 Å². The summed E-state index contributed by atoms with van der Waals surface area (Å²) >= 11 is 9.41. The number of carbonyl (C=O) groups excluding carboxylic acids is 4. The summed E-state index contributed by atoms with van der Waals surface area (Å²) in [6, 6.07) is 9.57. The predicted octanol–water partition coefficient (Wildman–Crippen LogP) is 4.91. The van der Waals surface area contributed by atoms with E-state index in [9.17, 15) is 19.2 Å². The van der Waals surface area contributed by atoms with Gasteiger partial charge < -0.3 is 10.1 Å². The van der Waals surface area contributed by atoms with Crippen molar-refractivity contribution in [3.05, 3.63) is 68.7 Å². The molecular formula is C26H22BrClN2O5. The van der Waals surface area contributed by atoms with Crippen LogP contribution in [0.15, 0.2) is 52.5 Å². The number of aryl methyl sites for hydroxylation is 1. The maximum absolute atomic E-state index is 13.2. The Morgan fingerprint density at radius 1 is 1.14 bits per heavy atom. The predicted molar refractivity (Wildman–Crippen MR) is 134 cm³/mol. The highest BCUT2D eigenvalue weighted by atomic mass is 79.9. The van der Waals surface area contributed by atoms with Gasteiger partial charge in [0.05, 0.1) is 28.1 Å². The number of nitrogens with zero attached hydrogens (tertiary/aromatic N) is 1. The standard InChI is InChI=1S/C26H22BrClN2O5/c1-12-6-15-9-17(12)23-22(15)24(32)30(25(23)33)16-5-3-4-14(8-16)26(34)35-11-21(31)29-20-10-19(28)18(27)7-13(20)2/h3-8,10,15,17,22-23H,9,11H2,1-2H3,(H,29,31)/t15-,17+,22+,23-/m0/s1. The molecule has 7 nitrogen and oxygen atoms in total. The third kappa shape index (κ3) is 4.08. The molecule has 2 fully saturated rings. The van der Waals surface area contributed by atoms with Crippen molar-refractivity contribution >= 4 is 62.6 Å². The Morgan fingerprint density at radius 2 is 1.89 bits per heavy atom. The minimum atomic E-state index is -0.732. The number of hydrogen-bond donors (Lipinski definition) is 1. The lowest BCUT2D eigenvalue weighted by Gasteiger charge is -2.19. The van der Waals surface area contributed by atoms with E-state index in [-0.39, 0.29) is 41.0 Å². The van der Waals surface area contributed by atoms with Gasteiger partial charge in [0.1, 0.15) is 0 Å². The summed E-state index contributed by atoms with van der Waals surface area (Å²) in [6.45, 7) is 3.32. The summed E-state index contributed by atoms with van der Waals surface area (Å²) < 4.78 is 5.88. The highest BCUT2D eigenvalue weighted by Crippen LogP contribution is 2.55. The molecule has 2 aromatic carbocycles. The van der Waals surface area contributed by atoms with Crippen LogP contribution >= 0.6 is 27.5 Å². The fourth-order valence-electron chi connectivity index (χ4n) is 5.48. The monoisotopic (exact) mass is 556 g/mol. The number of allylic oxidation sites excluding steroid dienone is 2. The summed E-state index contributed by atoms with van der Waals surface area (Å²) in [4.78, 5) is 52.4. The lowest BCUT2D eigenvalue weighted by atomic mass is 9.82. The Bertz CT molecular complexity index is 1320. The first kappa shape index (κ1) is 23.8. The number of fused-ring (bicyclic) bond motifs is 5. The number of anilines is 2. The molecule has 2 bridgehead atoms. The molecule has 0 aromatic heterocycles. The van der Waals surface area contributed by atoms with E-state index in [0.29, 0.717) is 20.9 Å². The Morgan fingerprint density at radius 3 is 2.66 bits per heavy atom. The molecule has 2 aliphatic carbocycles. The number of benzene rings is 2. The van der Waals surface area contributed by atoms with Crippen LogP contribution in [0.3, 0.4) is 0 Å². The summed E-state index contributed by atoms with van der Waals surface area (Å²) in [5.74, 6) is -2.13. The van der Waals surface area contributed by atoms with Gasteiger partial charge in [0.2, 0.25) is 11.8 Å². The van der Waals surface area contributed by atoms with Gasteiger partial charge >= 0.3 is 5.97 Å². The quantitative estimate of drug-likeness (QED) is 0.320. The molecule has 1 saturated heterocycles. The molecule has 9 heteroatoms. The van der Waals surface area contributed by atoms with Crippen molar-refractivity contribution in [2.24, 2.45) is 23.7 Å². The largest absolute Gasteiger partial charge is 0.452 e. The minimum Gasteiger partial charge on any atom is -0.452 e. The minimum absolute atomic E-state index is 0.0994. The van der Waals surface area contributed by atoms with Crippen molar-refractivity contribution in [1.82, 2.24) is 0 Å². The van der Waals surface area contributed by atoms with Crippen LogP contribution < -0.4 is 10.2 Å². The summed E-state index contributed by atoms with van der Waals surface area (Å²) in [5, 5.41) is 3.11. The lowest BCUT2D eigenvalue weighted by molar-refractivity contribution is -0.123. The number of esters is 1. The van der Waals surface area contributed by atoms with Gasteiger partial charge in [-0.05, 0) is 83.9 Å². The molecule has 35 heavy (non-hydrogen) atoms. The van der Waals surface area contributed by atoms with Gasteiger partial charge in [-0.2, -0.15) is 0 Å². The average Bonchev–Trinajstić information content (AvgIpc) is 3.46. The molecule has 4 atom stereocenters. The normalized spacial score (nSPS) is 24.5. The molecular weight excluding hydrogens is 536 g/mol. The first-order chi connectivity index (χ1) is 16.7. The molecule has 1 heterocycles. The summed E-state index contributed by atoms with van der Waals surface area (Å²) in [7, 11) is 0. The molecule has 1 aliphatic heterocycles. The number of halogens is 2. The molecule has 1 N–H and O–H groups in total. The number of nitrogens with one attached hydrogen (secondary N) is 1. The number of rotatable bonds is 5. The second kappa shape index (κ2) is 8.91. The number of ether oxygens (including phenoxy) is 1. The maximum atomic E-state index is 13.2. The smallest absolute Gasteiger partial charge is 0.338 e. The second-order valence-corrected chi connectivity index (χ2v) is 10.5. The van der Waals surface area contributed by atoms with E-state index in [4.69, 9.17) is 16.3 Å². The van der Waals surface area contributed by atoms with Crippen LogP contribution in [0.4, 0.5) is 11.4 Å². The van der Waals surface area contributed by atoms with Crippen molar-refractivity contribution in [1.29, 1.82) is 0 Å². The molecule has 3 amide bonds. The van der Waals surface area contributed by atoms with E-state index < -0.39 is 18.5 Å². The molecule has 1 saturated carbocycles. The Hall–Kier alpha value is -2.97. The van der Waals surface area contributed by atoms with E-state index in [1.165, 1.54) is 22.6 Å². The number of amides is 3. The van der Waals surface area contributed by atoms with Gasteiger partial charge in [-0.15, -0.1) is 0 Å². The highest BCUT2D eigenvalue weighted by molar-refractivity contribution is 9.10. The Balaban J connectivity index is 1.25. The van der Waals surface area contributed by atoms with E-state index in [2.05, 4.69) is 27.3 Å². The van der Waals surface area contributed by atoms with Gasteiger partial charge in [-0.3, -0.25) is 14.4 Å². The number of imide groups is 1. The van der Waals surface area contributed by atoms with Gasteiger partial charge in [0.15, 0.2) is 6.61 Å². The van der Waals surface area contributed by atoms with Gasteiger partial charge in [-0.25, -0.2) is 9.69 Å². The van der Waals surface area contributed by atoms with Crippen molar-refractivity contribution in [2.75, 3.05) is 16.8 Å². The highest BCUT2D eigenvalue weighted by Gasteiger charge is 2.60. The van der Waals surface area contributed by atoms with Crippen LogP contribution in [0.2, 0.25) is 5.02 Å². The van der Waals surface area contributed by atoms with E-state index >= 15 is 0 Å². The fourth-order valence-corrected chi connectivity index (χ4v) is 6.10. The molecule has 3 aliphatic rings. The third-order valence-corrected chi connectivity index (χ3v) is 8.29. The Labute approximate surface area is 215 Å². The van der Waals surface area contributed by atoms with Crippen molar-refractivity contribution in [3.8, 4) is 0 Å². The zero-order chi connectivity index (χ0) is 25.0. The SMILES string of the molecule is CC1=C[C@H]2C[C@H]1[C@@H]1C(=O)N(c3cccc(C(=O)OCC(=O)Nc4cc(Cl)c(Br)cc4C)c3)C(=O)[C@@H]12. The van der Waals surface area contributed by atoms with Crippen LogP contribution in [0.5, 0.6) is 0 Å². The van der Waals surface area contributed by atoms with Gasteiger partial charge in [-0.1, -0.05) is 29.3 Å². The number of hydrogen-bond acceptors (Lipinski definition) is 5. The van der Waals surface area contributed by atoms with Gasteiger partial charge in [0, 0.05) is 10.2 Å². The van der Waals surface area contributed by atoms with E-state index in [1.807, 2.05) is 13.8 Å². The second-order valence-electron chi connectivity index (χ2n) is 9.24. The van der Waals surface area contributed by atoms with Crippen molar-refractivity contribution in [3.63, 3.8) is 0 Å². The van der Waals surface area contributed by atoms with E-state index in [1.54, 1.807) is 24.3 Å². The Kier molecular flexibility index (Phi) is 6.05. The molecule has 0 unspecified atom stereocenters. The molecule has 0 radical (unpaired) electrons. The lowest BCUT2D eigenvalue weighted by Crippen LogP contribution is -2.33. The summed E-state index contributed by atoms with van der Waals surface area (Å²) in [6.07, 6.45) is 2.97. The number of carbonyl (C=O) groups is 4. The third-order valence-electron chi connectivity index (χ3n) is 7.10. The molecule has 2 aromatic rings. The average molecular weight is 558 g/mol. The topological polar surface area (TPSA) is 92.8 Å². The first-order valence-corrected chi connectivity index (χ1v) is 12.4. The van der Waals surface area contributed by atoms with Crippen LogP contribution in [0.25, 0.3) is 0 Å². The molecule has 0 spiro atoms. The van der Waals surface area contributed by atoms with Gasteiger partial charge in [0.25, 0.3) is 5.91 Å². The van der Waals surface area contributed by atoms with E-state index in [0.717, 1.165) is 12.0 Å². The summed E-state index contributed by atoms with van der Waals surface area (Å²) in [5.41, 5.74) is 2.96. The molecule has 5 rings (SSSR count). The zero-order valence-electron chi connectivity index (χ0n) is 19.0. The maximum Gasteiger partial charge on any atom is 0.338 e. The van der Waals surface area contributed by atoms with Crippen LogP contribution in [-0.2, 0) is 19.1 Å². The van der Waals surface area contributed by atoms with Crippen LogP contribution in [-0.4, -0.2) is 30.3 Å². The first-order valence-electron chi connectivity index (χ1n) is 11.2.